The number of aryl methyl sites for hydroxylation is 2. The number of carbonyl (C=O) groups is 1. The Bertz CT molecular complexity index is 860. The molecule has 0 saturated carbocycles. The molecule has 2 aromatic rings. The van der Waals surface area contributed by atoms with Crippen molar-refractivity contribution in [1.82, 2.24) is 14.8 Å². The zero-order chi connectivity index (χ0) is 19.1. The summed E-state index contributed by atoms with van der Waals surface area (Å²) in [7, 11) is 3.88. The fourth-order valence-electron chi connectivity index (χ4n) is 4.67. The Morgan fingerprint density at radius 3 is 2.41 bits per heavy atom. The minimum Gasteiger partial charge on any atom is -0.497 e. The van der Waals surface area contributed by atoms with Gasteiger partial charge < -0.3 is 9.64 Å². The van der Waals surface area contributed by atoms with E-state index in [0.717, 1.165) is 36.6 Å². The van der Waals surface area contributed by atoms with Crippen LogP contribution in [-0.2, 0) is 0 Å². The van der Waals surface area contributed by atoms with E-state index in [1.54, 1.807) is 13.3 Å². The van der Waals surface area contributed by atoms with Gasteiger partial charge in [0.2, 0.25) is 0 Å². The van der Waals surface area contributed by atoms with Crippen molar-refractivity contribution in [3.8, 4) is 5.75 Å². The van der Waals surface area contributed by atoms with Gasteiger partial charge in [0.05, 0.1) is 12.7 Å². The molecule has 29 heavy (non-hydrogen) atoms. The molecule has 1 amide bonds. The average Bonchev–Trinajstić information content (AvgIpc) is 3.20. The monoisotopic (exact) mass is 437 g/mol. The van der Waals surface area contributed by atoms with Crippen LogP contribution in [0.5, 0.6) is 5.75 Å². The van der Waals surface area contributed by atoms with Gasteiger partial charge in [0, 0.05) is 43.5 Å². The molecule has 3 atom stereocenters. The normalized spacial score (nSPS) is 23.2. The first kappa shape index (κ1) is 23.5. The van der Waals surface area contributed by atoms with Gasteiger partial charge in [-0.2, -0.15) is 0 Å². The lowest BCUT2D eigenvalue weighted by molar-refractivity contribution is 0.0767. The van der Waals surface area contributed by atoms with Crippen LogP contribution < -0.4 is 4.74 Å². The highest BCUT2D eigenvalue weighted by atomic mass is 35.5. The lowest BCUT2D eigenvalue weighted by Gasteiger charge is -2.27. The second-order valence-corrected chi connectivity index (χ2v) is 7.92. The fourth-order valence-corrected chi connectivity index (χ4v) is 4.67. The smallest absolute Gasteiger partial charge is 0.255 e. The highest BCUT2D eigenvalue weighted by Gasteiger charge is 2.47. The van der Waals surface area contributed by atoms with Crippen LogP contribution in [0.3, 0.4) is 0 Å². The summed E-state index contributed by atoms with van der Waals surface area (Å²) in [6.07, 6.45) is 1.71. The van der Waals surface area contributed by atoms with Gasteiger partial charge in [-0.3, -0.25) is 14.7 Å². The first-order valence-corrected chi connectivity index (χ1v) is 9.54. The van der Waals surface area contributed by atoms with Gasteiger partial charge in [-0.05, 0) is 56.1 Å². The molecule has 2 fully saturated rings. The molecule has 0 spiro atoms. The molecule has 5 nitrogen and oxygen atoms in total. The van der Waals surface area contributed by atoms with Crippen LogP contribution in [0.1, 0.15) is 33.2 Å². The molecular weight excluding hydrogens is 409 g/mol. The van der Waals surface area contributed by atoms with E-state index in [1.807, 2.05) is 36.9 Å². The molecule has 2 saturated heterocycles. The summed E-state index contributed by atoms with van der Waals surface area (Å²) in [5.74, 6) is 1.97. The largest absolute Gasteiger partial charge is 0.497 e. The molecule has 2 aliphatic heterocycles. The number of carbonyl (C=O) groups excluding carboxylic acids is 1. The van der Waals surface area contributed by atoms with Crippen molar-refractivity contribution in [2.24, 2.45) is 11.8 Å². The van der Waals surface area contributed by atoms with Crippen molar-refractivity contribution in [2.75, 3.05) is 33.8 Å². The standard InChI is InChI=1S/C22H27N3O2.2ClH/c1-14-9-17(10-23-15(14)2)22(26)25-12-18-11-24(3)21(20(18)13-25)16-5-7-19(27-4)8-6-16;;/h5-10,18,20-21H,11-13H2,1-4H3;2*1H/t18-,20+,21-;;/m0../s1. The number of pyridine rings is 1. The molecule has 0 unspecified atom stereocenters. The third-order valence-electron chi connectivity index (χ3n) is 6.23. The molecule has 158 valence electrons. The second-order valence-electron chi connectivity index (χ2n) is 7.92. The van der Waals surface area contributed by atoms with Crippen LogP contribution in [0.2, 0.25) is 0 Å². The van der Waals surface area contributed by atoms with E-state index in [2.05, 4.69) is 29.1 Å². The molecular formula is C22H29Cl2N3O2. The number of methoxy groups -OCH3 is 1. The number of aromatic nitrogens is 1. The molecule has 7 heteroatoms. The molecule has 0 aliphatic carbocycles. The highest BCUT2D eigenvalue weighted by molar-refractivity contribution is 5.94. The number of halogens is 2. The van der Waals surface area contributed by atoms with Gasteiger partial charge in [0.25, 0.3) is 5.91 Å². The number of fused-ring (bicyclic) bond motifs is 1. The summed E-state index contributed by atoms with van der Waals surface area (Å²) >= 11 is 0. The SMILES string of the molecule is COc1ccc([C@H]2[C@@H]3CN(C(=O)c4cnc(C)c(C)c4)C[C@@H]3CN2C)cc1.Cl.Cl. The van der Waals surface area contributed by atoms with Gasteiger partial charge in [-0.1, -0.05) is 12.1 Å². The van der Waals surface area contributed by atoms with Crippen LogP contribution in [0.4, 0.5) is 0 Å². The number of hydrogen-bond donors (Lipinski definition) is 0. The minimum absolute atomic E-state index is 0. The summed E-state index contributed by atoms with van der Waals surface area (Å²) in [5.41, 5.74) is 4.04. The first-order chi connectivity index (χ1) is 13.0. The number of amides is 1. The zero-order valence-corrected chi connectivity index (χ0v) is 18.9. The number of hydrogen-bond acceptors (Lipinski definition) is 4. The third kappa shape index (κ3) is 4.37. The predicted octanol–water partition coefficient (Wildman–Crippen LogP) is 3.93. The maximum Gasteiger partial charge on any atom is 0.255 e. The Kier molecular flexibility index (Phi) is 7.55. The number of rotatable bonds is 3. The Morgan fingerprint density at radius 1 is 1.10 bits per heavy atom. The van der Waals surface area contributed by atoms with Gasteiger partial charge in [0.15, 0.2) is 0 Å². The average molecular weight is 438 g/mol. The maximum atomic E-state index is 13.0. The van der Waals surface area contributed by atoms with E-state index in [9.17, 15) is 4.79 Å². The molecule has 1 aromatic carbocycles. The topological polar surface area (TPSA) is 45.7 Å². The van der Waals surface area contributed by atoms with Gasteiger partial charge in [-0.25, -0.2) is 0 Å². The fraction of sp³-hybridized carbons (Fsp3) is 0.455. The van der Waals surface area contributed by atoms with E-state index in [4.69, 9.17) is 4.74 Å². The third-order valence-corrected chi connectivity index (χ3v) is 6.23. The molecule has 4 rings (SSSR count). The number of nitrogens with zero attached hydrogens (tertiary/aromatic N) is 3. The number of likely N-dealkylation sites (tertiary alicyclic amines) is 2. The molecule has 0 bridgehead atoms. The number of ether oxygens (including phenoxy) is 1. The van der Waals surface area contributed by atoms with Crippen LogP contribution in [-0.4, -0.2) is 54.5 Å². The van der Waals surface area contributed by atoms with E-state index in [-0.39, 0.29) is 30.7 Å². The lowest BCUT2D eigenvalue weighted by atomic mass is 9.89. The van der Waals surface area contributed by atoms with E-state index >= 15 is 0 Å². The summed E-state index contributed by atoms with van der Waals surface area (Å²) in [4.78, 5) is 21.8. The van der Waals surface area contributed by atoms with Crippen molar-refractivity contribution in [1.29, 1.82) is 0 Å². The summed E-state index contributed by atoms with van der Waals surface area (Å²) in [6.45, 7) is 6.63. The van der Waals surface area contributed by atoms with Crippen LogP contribution in [0, 0.1) is 25.7 Å². The van der Waals surface area contributed by atoms with Crippen molar-refractivity contribution in [3.63, 3.8) is 0 Å². The molecule has 0 radical (unpaired) electrons. The first-order valence-electron chi connectivity index (χ1n) is 9.54. The lowest BCUT2D eigenvalue weighted by Crippen LogP contribution is -2.33. The van der Waals surface area contributed by atoms with E-state index in [0.29, 0.717) is 23.4 Å². The summed E-state index contributed by atoms with van der Waals surface area (Å²) in [6, 6.07) is 10.7. The second kappa shape index (κ2) is 9.33. The quantitative estimate of drug-likeness (QED) is 0.729. The molecule has 1 aromatic heterocycles. The number of benzene rings is 1. The van der Waals surface area contributed by atoms with Crippen LogP contribution in [0.15, 0.2) is 36.5 Å². The Morgan fingerprint density at radius 2 is 1.79 bits per heavy atom. The molecule has 0 N–H and O–H groups in total. The van der Waals surface area contributed by atoms with E-state index in [1.165, 1.54) is 5.56 Å². The molecule has 2 aliphatic rings. The maximum absolute atomic E-state index is 13.0. The van der Waals surface area contributed by atoms with Gasteiger partial charge >= 0.3 is 0 Å². The van der Waals surface area contributed by atoms with Crippen molar-refractivity contribution < 1.29 is 9.53 Å². The Hall–Kier alpha value is -1.82. The van der Waals surface area contributed by atoms with Crippen molar-refractivity contribution >= 4 is 30.7 Å². The van der Waals surface area contributed by atoms with Crippen LogP contribution in [0.25, 0.3) is 0 Å². The van der Waals surface area contributed by atoms with Crippen molar-refractivity contribution in [2.45, 2.75) is 19.9 Å². The van der Waals surface area contributed by atoms with Gasteiger partial charge in [0.1, 0.15) is 5.75 Å². The van der Waals surface area contributed by atoms with E-state index < -0.39 is 0 Å². The van der Waals surface area contributed by atoms with Crippen LogP contribution >= 0.6 is 24.8 Å². The Balaban J connectivity index is 0.00000150. The predicted molar refractivity (Wildman–Crippen MR) is 119 cm³/mol. The van der Waals surface area contributed by atoms with Crippen molar-refractivity contribution in [3.05, 3.63) is 58.9 Å². The summed E-state index contributed by atoms with van der Waals surface area (Å²) < 4.78 is 5.29. The summed E-state index contributed by atoms with van der Waals surface area (Å²) in [5, 5.41) is 0. The molecule has 3 heterocycles. The highest BCUT2D eigenvalue weighted by Crippen LogP contribution is 2.44. The zero-order valence-electron chi connectivity index (χ0n) is 17.3. The minimum atomic E-state index is 0. The van der Waals surface area contributed by atoms with Gasteiger partial charge in [-0.15, -0.1) is 24.8 Å². The Labute approximate surface area is 185 Å².